The number of fused-ring (bicyclic) bond motifs is 2. The van der Waals surface area contributed by atoms with E-state index in [1.807, 2.05) is 6.07 Å². The van der Waals surface area contributed by atoms with Gasteiger partial charge in [0.2, 0.25) is 0 Å². The second-order valence-corrected chi connectivity index (χ2v) is 8.52. The molecule has 0 unspecified atom stereocenters. The highest BCUT2D eigenvalue weighted by Crippen LogP contribution is 2.44. The van der Waals surface area contributed by atoms with E-state index in [2.05, 4.69) is 9.88 Å². The van der Waals surface area contributed by atoms with Crippen LogP contribution in [0.5, 0.6) is 5.75 Å². The molecule has 1 aromatic heterocycles. The second-order valence-electron chi connectivity index (χ2n) is 7.24. The molecule has 0 amide bonds. The van der Waals surface area contributed by atoms with Crippen LogP contribution in [0.3, 0.4) is 0 Å². The maximum Gasteiger partial charge on any atom is 0.298 e. The predicted octanol–water partition coefficient (Wildman–Crippen LogP) is 5.79. The first-order valence-corrected chi connectivity index (χ1v) is 10.1. The molecule has 3 aromatic rings. The monoisotopic (exact) mass is 436 g/mol. The maximum absolute atomic E-state index is 12.7. The van der Waals surface area contributed by atoms with Gasteiger partial charge in [0, 0.05) is 36.0 Å². The van der Waals surface area contributed by atoms with Crippen molar-refractivity contribution >= 4 is 57.7 Å². The van der Waals surface area contributed by atoms with E-state index in [0.717, 1.165) is 5.52 Å². The van der Waals surface area contributed by atoms with Gasteiger partial charge in [-0.25, -0.2) is 0 Å². The average Bonchev–Trinajstić information content (AvgIpc) is 3.06. The summed E-state index contributed by atoms with van der Waals surface area (Å²) in [5, 5.41) is 1.42. The van der Waals surface area contributed by atoms with Crippen LogP contribution < -0.4 is 9.64 Å². The summed E-state index contributed by atoms with van der Waals surface area (Å²) in [6.07, 6.45) is 1.64. The molecule has 0 saturated carbocycles. The van der Waals surface area contributed by atoms with Crippen LogP contribution in [0.25, 0.3) is 11.1 Å². The lowest BCUT2D eigenvalue weighted by Crippen LogP contribution is -2.51. The van der Waals surface area contributed by atoms with E-state index >= 15 is 0 Å². The van der Waals surface area contributed by atoms with Crippen LogP contribution >= 0.6 is 34.8 Å². The molecule has 0 atom stereocenters. The van der Waals surface area contributed by atoms with Gasteiger partial charge in [-0.05, 0) is 30.3 Å². The lowest BCUT2D eigenvalue weighted by atomic mass is 9.82. The highest BCUT2D eigenvalue weighted by Gasteiger charge is 2.44. The molecule has 0 N–H and O–H groups in total. The molecule has 5 nitrogen and oxygen atoms in total. The number of aromatic nitrogens is 1. The molecule has 144 valence electrons. The number of hydrogen-bond acceptors (Lipinski definition) is 5. The molecule has 2 aliphatic heterocycles. The quantitative estimate of drug-likeness (QED) is 0.482. The van der Waals surface area contributed by atoms with E-state index in [4.69, 9.17) is 44.0 Å². The zero-order valence-electron chi connectivity index (χ0n) is 14.7. The van der Waals surface area contributed by atoms with E-state index in [9.17, 15) is 4.79 Å². The number of ether oxygens (including phenoxy) is 1. The van der Waals surface area contributed by atoms with E-state index in [0.29, 0.717) is 70.3 Å². The molecule has 3 heterocycles. The van der Waals surface area contributed by atoms with Crippen LogP contribution in [-0.2, 0) is 0 Å². The Balaban J connectivity index is 1.38. The molecule has 0 aliphatic carbocycles. The summed E-state index contributed by atoms with van der Waals surface area (Å²) in [4.78, 5) is 19.3. The summed E-state index contributed by atoms with van der Waals surface area (Å²) < 4.78 is 12.1. The number of nitrogens with zero attached hydrogens (tertiary/aromatic N) is 2. The third-order valence-electron chi connectivity index (χ3n) is 5.39. The minimum absolute atomic E-state index is 0.00982. The number of halogens is 3. The molecule has 8 heteroatoms. The third-order valence-corrected chi connectivity index (χ3v) is 6.13. The zero-order chi connectivity index (χ0) is 19.5. The van der Waals surface area contributed by atoms with Crippen molar-refractivity contribution in [3.05, 3.63) is 51.0 Å². The molecule has 5 rings (SSSR count). The first kappa shape index (κ1) is 18.1. The molecule has 1 saturated heterocycles. The molecule has 2 aromatic carbocycles. The molecule has 28 heavy (non-hydrogen) atoms. The summed E-state index contributed by atoms with van der Waals surface area (Å²) in [6.45, 7) is 1.32. The van der Waals surface area contributed by atoms with Crippen molar-refractivity contribution in [1.29, 1.82) is 0 Å². The Hall–Kier alpha value is -1.95. The van der Waals surface area contributed by atoms with E-state index < -0.39 is 5.60 Å². The summed E-state index contributed by atoms with van der Waals surface area (Å²) >= 11 is 18.3. The lowest BCUT2D eigenvalue weighted by molar-refractivity contribution is 0.0227. The van der Waals surface area contributed by atoms with Gasteiger partial charge in [-0.3, -0.25) is 4.79 Å². The van der Waals surface area contributed by atoms with Crippen molar-refractivity contribution in [2.45, 2.75) is 24.9 Å². The van der Waals surface area contributed by atoms with Crippen molar-refractivity contribution in [1.82, 2.24) is 4.98 Å². The van der Waals surface area contributed by atoms with Gasteiger partial charge < -0.3 is 14.1 Å². The fourth-order valence-electron chi connectivity index (χ4n) is 3.92. The number of hydrogen-bond donors (Lipinski definition) is 0. The predicted molar refractivity (Wildman–Crippen MR) is 109 cm³/mol. The number of oxazole rings is 1. The molecule has 1 fully saturated rings. The normalized spacial score (nSPS) is 18.4. The van der Waals surface area contributed by atoms with E-state index in [1.54, 1.807) is 24.3 Å². The van der Waals surface area contributed by atoms with Gasteiger partial charge in [0.15, 0.2) is 11.4 Å². The van der Waals surface area contributed by atoms with Crippen molar-refractivity contribution in [3.63, 3.8) is 0 Å². The number of anilines is 1. The first-order chi connectivity index (χ1) is 13.4. The number of benzene rings is 2. The van der Waals surface area contributed by atoms with E-state index in [1.165, 1.54) is 0 Å². The number of carbonyl (C=O) groups is 1. The Bertz CT molecular complexity index is 1100. The minimum atomic E-state index is -0.562. The Kier molecular flexibility index (Phi) is 4.23. The maximum atomic E-state index is 12.7. The van der Waals surface area contributed by atoms with Crippen LogP contribution in [0, 0.1) is 0 Å². The molecule has 0 radical (unpaired) electrons. The van der Waals surface area contributed by atoms with Crippen molar-refractivity contribution in [2.75, 3.05) is 18.0 Å². The van der Waals surface area contributed by atoms with Crippen LogP contribution in [0.2, 0.25) is 15.1 Å². The highest BCUT2D eigenvalue weighted by molar-refractivity contribution is 6.36. The number of rotatable bonds is 1. The van der Waals surface area contributed by atoms with Crippen LogP contribution in [0.15, 0.2) is 34.7 Å². The number of Topliss-reactive ketones (excluding diaryl/α,β-unsaturated/α-hetero) is 1. The fraction of sp³-hybridized carbons (Fsp3) is 0.300. The number of piperidine rings is 1. The SMILES string of the molecule is O=C1CC2(CCN(c3nc4cc(Cl)ccc4o3)CC2)Oc2c(Cl)cc(Cl)cc21. The summed E-state index contributed by atoms with van der Waals surface area (Å²) in [6, 6.07) is 9.15. The van der Waals surface area contributed by atoms with Crippen LogP contribution in [0.4, 0.5) is 6.01 Å². The smallest absolute Gasteiger partial charge is 0.298 e. The molecular weight excluding hydrogens is 423 g/mol. The zero-order valence-corrected chi connectivity index (χ0v) is 16.9. The van der Waals surface area contributed by atoms with Crippen LogP contribution in [0.1, 0.15) is 29.6 Å². The largest absolute Gasteiger partial charge is 0.484 e. The molecular formula is C20H15Cl3N2O3. The second kappa shape index (κ2) is 6.55. The van der Waals surface area contributed by atoms with Crippen molar-refractivity contribution < 1.29 is 13.9 Å². The standard InChI is InChI=1S/C20H15Cl3N2O3/c21-11-1-2-17-15(9-11)24-19(27-17)25-5-3-20(4-6-25)10-16(26)13-7-12(22)8-14(23)18(13)28-20/h1-2,7-9H,3-6,10H2. The van der Waals surface area contributed by atoms with Gasteiger partial charge >= 0.3 is 0 Å². The first-order valence-electron chi connectivity index (χ1n) is 8.95. The van der Waals surface area contributed by atoms with Crippen molar-refractivity contribution in [3.8, 4) is 5.75 Å². The van der Waals surface area contributed by atoms with Gasteiger partial charge in [0.05, 0.1) is 17.0 Å². The third kappa shape index (κ3) is 3.02. The summed E-state index contributed by atoms with van der Waals surface area (Å²) in [5.41, 5.74) is 1.32. The lowest BCUT2D eigenvalue weighted by Gasteiger charge is -2.43. The average molecular weight is 438 g/mol. The van der Waals surface area contributed by atoms with Crippen molar-refractivity contribution in [2.24, 2.45) is 0 Å². The molecule has 1 spiro atoms. The summed E-state index contributed by atoms with van der Waals surface area (Å²) in [7, 11) is 0. The van der Waals surface area contributed by atoms with Gasteiger partial charge in [-0.1, -0.05) is 34.8 Å². The Morgan fingerprint density at radius 3 is 2.61 bits per heavy atom. The van der Waals surface area contributed by atoms with Gasteiger partial charge in [-0.15, -0.1) is 0 Å². The van der Waals surface area contributed by atoms with E-state index in [-0.39, 0.29) is 5.78 Å². The fourth-order valence-corrected chi connectivity index (χ4v) is 4.62. The highest BCUT2D eigenvalue weighted by atomic mass is 35.5. The van der Waals surface area contributed by atoms with Gasteiger partial charge in [0.25, 0.3) is 6.01 Å². The summed E-state index contributed by atoms with van der Waals surface area (Å²) in [5.74, 6) is 0.447. The van der Waals surface area contributed by atoms with Gasteiger partial charge in [0.1, 0.15) is 16.9 Å². The minimum Gasteiger partial charge on any atom is -0.484 e. The number of ketones is 1. The Labute approximate surface area is 176 Å². The van der Waals surface area contributed by atoms with Gasteiger partial charge in [-0.2, -0.15) is 4.98 Å². The number of carbonyl (C=O) groups excluding carboxylic acids is 1. The molecule has 0 bridgehead atoms. The Morgan fingerprint density at radius 2 is 1.82 bits per heavy atom. The molecule has 2 aliphatic rings. The topological polar surface area (TPSA) is 55.6 Å². The Morgan fingerprint density at radius 1 is 1.04 bits per heavy atom. The van der Waals surface area contributed by atoms with Crippen LogP contribution in [-0.4, -0.2) is 29.5 Å².